The van der Waals surface area contributed by atoms with Crippen LogP contribution in [0, 0.1) is 0 Å². The molecule has 0 aromatic heterocycles. The Morgan fingerprint density at radius 3 is 0.787 bits per heavy atom. The molecule has 80 heavy (non-hydrogen) atoms. The molecule has 0 amide bonds. The Hall–Kier alpha value is -3.41. The molecular formula is C74H130O6. The van der Waals surface area contributed by atoms with Gasteiger partial charge >= 0.3 is 17.9 Å². The van der Waals surface area contributed by atoms with Crippen molar-refractivity contribution >= 4 is 17.9 Å². The lowest BCUT2D eigenvalue weighted by atomic mass is 10.0. The Morgan fingerprint density at radius 1 is 0.263 bits per heavy atom. The fourth-order valence-electron chi connectivity index (χ4n) is 9.97. The number of carbonyl (C=O) groups is 3. The van der Waals surface area contributed by atoms with Crippen LogP contribution in [0.5, 0.6) is 0 Å². The second kappa shape index (κ2) is 68.1. The molecule has 0 spiro atoms. The highest BCUT2D eigenvalue weighted by Crippen LogP contribution is 2.18. The Morgan fingerprint density at radius 2 is 0.487 bits per heavy atom. The van der Waals surface area contributed by atoms with E-state index in [1.807, 2.05) is 0 Å². The molecule has 0 rings (SSSR count). The van der Waals surface area contributed by atoms with Gasteiger partial charge in [0.15, 0.2) is 6.10 Å². The van der Waals surface area contributed by atoms with Crippen LogP contribution in [0.3, 0.4) is 0 Å². The van der Waals surface area contributed by atoms with Crippen LogP contribution in [-0.4, -0.2) is 37.2 Å². The largest absolute Gasteiger partial charge is 0.462 e. The lowest BCUT2D eigenvalue weighted by Crippen LogP contribution is -2.30. The topological polar surface area (TPSA) is 78.9 Å². The average Bonchev–Trinajstić information content (AvgIpc) is 3.46. The predicted octanol–water partition coefficient (Wildman–Crippen LogP) is 23.8. The van der Waals surface area contributed by atoms with Gasteiger partial charge < -0.3 is 14.2 Å². The van der Waals surface area contributed by atoms with Crippen LogP contribution in [0.2, 0.25) is 0 Å². The van der Waals surface area contributed by atoms with E-state index in [1.165, 1.54) is 193 Å². The van der Waals surface area contributed by atoms with E-state index in [-0.39, 0.29) is 31.1 Å². The lowest BCUT2D eigenvalue weighted by Gasteiger charge is -2.18. The van der Waals surface area contributed by atoms with Gasteiger partial charge in [-0.05, 0) is 96.3 Å². The van der Waals surface area contributed by atoms with Crippen LogP contribution in [0.25, 0.3) is 0 Å². The zero-order chi connectivity index (χ0) is 57.8. The first kappa shape index (κ1) is 76.6. The van der Waals surface area contributed by atoms with E-state index in [0.29, 0.717) is 19.3 Å². The van der Waals surface area contributed by atoms with Gasteiger partial charge in [-0.1, -0.05) is 318 Å². The summed E-state index contributed by atoms with van der Waals surface area (Å²) in [7, 11) is 0. The molecule has 6 heteroatoms. The summed E-state index contributed by atoms with van der Waals surface area (Å²) in [6, 6.07) is 0. The second-order valence-electron chi connectivity index (χ2n) is 23.1. The van der Waals surface area contributed by atoms with Crippen LogP contribution in [0.1, 0.15) is 348 Å². The highest BCUT2D eigenvalue weighted by molar-refractivity contribution is 5.71. The Bertz CT molecular complexity index is 1520. The van der Waals surface area contributed by atoms with Crippen LogP contribution in [-0.2, 0) is 28.6 Å². The number of allylic oxidation sites excluding steroid dienone is 14. The van der Waals surface area contributed by atoms with E-state index in [0.717, 1.165) is 116 Å². The van der Waals surface area contributed by atoms with Gasteiger partial charge in [-0.2, -0.15) is 0 Å². The van der Waals surface area contributed by atoms with Crippen LogP contribution < -0.4 is 0 Å². The molecule has 1 unspecified atom stereocenters. The number of ether oxygens (including phenoxy) is 3. The number of esters is 3. The lowest BCUT2D eigenvalue weighted by molar-refractivity contribution is -0.167. The number of rotatable bonds is 63. The monoisotopic (exact) mass is 1110 g/mol. The van der Waals surface area contributed by atoms with Gasteiger partial charge in [0.2, 0.25) is 0 Å². The SMILES string of the molecule is CC/C=C\C/C=C\C/C=C\C/C=C\C/C=C\CCCCCCCCCCCC(=O)OCC(COC(=O)CCCCCCC/C=C\C/C=C\CCCCC)OC(=O)CCCCCCCCCCCCCCCCCCCCCCCC. The van der Waals surface area contributed by atoms with Crippen molar-refractivity contribution in [1.82, 2.24) is 0 Å². The highest BCUT2D eigenvalue weighted by atomic mass is 16.6. The van der Waals surface area contributed by atoms with Gasteiger partial charge in [-0.3, -0.25) is 14.4 Å². The summed E-state index contributed by atoms with van der Waals surface area (Å²) in [5, 5.41) is 0. The summed E-state index contributed by atoms with van der Waals surface area (Å²) in [4.78, 5) is 38.4. The molecule has 462 valence electrons. The maximum Gasteiger partial charge on any atom is 0.306 e. The standard InChI is InChI=1S/C74H130O6/c1-4-7-10-13-16-19-22-25-28-30-32-34-36-37-38-40-41-43-46-49-52-55-58-61-64-67-73(76)79-70-71(69-78-72(75)66-63-60-57-54-51-48-45-27-24-21-18-15-12-9-6-3)80-74(77)68-65-62-59-56-53-50-47-44-42-39-35-33-31-29-26-23-20-17-14-11-8-5-2/h7,10,16,18-19,21,25,27-28,32,34,37-38,45,71H,4-6,8-9,11-15,17,20,22-24,26,29-31,33,35-36,39-44,46-70H2,1-3H3/b10-7-,19-16-,21-18-,28-25-,34-32-,38-37-,45-27-. The summed E-state index contributed by atoms with van der Waals surface area (Å²) >= 11 is 0. The number of unbranched alkanes of at least 4 members (excludes halogenated alkanes) is 38. The van der Waals surface area contributed by atoms with E-state index in [9.17, 15) is 14.4 Å². The number of hydrogen-bond donors (Lipinski definition) is 0. The van der Waals surface area contributed by atoms with Crippen molar-refractivity contribution < 1.29 is 28.6 Å². The fraction of sp³-hybridized carbons (Fsp3) is 0.770. The summed E-state index contributed by atoms with van der Waals surface area (Å²) in [5.41, 5.74) is 0. The molecule has 0 radical (unpaired) electrons. The Labute approximate surface area is 496 Å². The fourth-order valence-corrected chi connectivity index (χ4v) is 9.97. The molecular weight excluding hydrogens is 985 g/mol. The van der Waals surface area contributed by atoms with Crippen molar-refractivity contribution in [2.45, 2.75) is 354 Å². The number of carbonyl (C=O) groups excluding carboxylic acids is 3. The summed E-state index contributed by atoms with van der Waals surface area (Å²) < 4.78 is 17.0. The van der Waals surface area contributed by atoms with E-state index in [2.05, 4.69) is 106 Å². The minimum atomic E-state index is -0.785. The van der Waals surface area contributed by atoms with Crippen molar-refractivity contribution in [2.24, 2.45) is 0 Å². The third-order valence-electron chi connectivity index (χ3n) is 15.1. The van der Waals surface area contributed by atoms with Crippen LogP contribution >= 0.6 is 0 Å². The molecule has 6 nitrogen and oxygen atoms in total. The normalized spacial score (nSPS) is 12.6. The first-order chi connectivity index (χ1) is 39.5. The van der Waals surface area contributed by atoms with Crippen molar-refractivity contribution in [3.8, 4) is 0 Å². The predicted molar refractivity (Wildman–Crippen MR) is 348 cm³/mol. The van der Waals surface area contributed by atoms with Crippen molar-refractivity contribution in [3.63, 3.8) is 0 Å². The van der Waals surface area contributed by atoms with Gasteiger partial charge in [0.05, 0.1) is 0 Å². The van der Waals surface area contributed by atoms with E-state index in [4.69, 9.17) is 14.2 Å². The smallest absolute Gasteiger partial charge is 0.306 e. The minimum Gasteiger partial charge on any atom is -0.462 e. The van der Waals surface area contributed by atoms with E-state index in [1.54, 1.807) is 0 Å². The third kappa shape index (κ3) is 65.4. The molecule has 0 aliphatic rings. The van der Waals surface area contributed by atoms with Gasteiger partial charge in [-0.15, -0.1) is 0 Å². The molecule has 0 aliphatic carbocycles. The van der Waals surface area contributed by atoms with Gasteiger partial charge in [0, 0.05) is 19.3 Å². The molecule has 0 N–H and O–H groups in total. The third-order valence-corrected chi connectivity index (χ3v) is 15.1. The van der Waals surface area contributed by atoms with Crippen LogP contribution in [0.4, 0.5) is 0 Å². The van der Waals surface area contributed by atoms with Gasteiger partial charge in [-0.25, -0.2) is 0 Å². The van der Waals surface area contributed by atoms with Gasteiger partial charge in [0.25, 0.3) is 0 Å². The quantitative estimate of drug-likeness (QED) is 0.0261. The molecule has 0 bridgehead atoms. The maximum absolute atomic E-state index is 13.0. The van der Waals surface area contributed by atoms with Crippen LogP contribution in [0.15, 0.2) is 85.1 Å². The molecule has 0 fully saturated rings. The average molecular weight is 1120 g/mol. The van der Waals surface area contributed by atoms with Crippen molar-refractivity contribution in [1.29, 1.82) is 0 Å². The molecule has 0 saturated heterocycles. The summed E-state index contributed by atoms with van der Waals surface area (Å²) in [5.74, 6) is -0.882. The number of hydrogen-bond acceptors (Lipinski definition) is 6. The van der Waals surface area contributed by atoms with Crippen molar-refractivity contribution in [2.75, 3.05) is 13.2 Å². The van der Waals surface area contributed by atoms with Gasteiger partial charge in [0.1, 0.15) is 13.2 Å². The second-order valence-corrected chi connectivity index (χ2v) is 23.1. The maximum atomic E-state index is 13.0. The van der Waals surface area contributed by atoms with E-state index >= 15 is 0 Å². The highest BCUT2D eigenvalue weighted by Gasteiger charge is 2.19. The summed E-state index contributed by atoms with van der Waals surface area (Å²) in [6.07, 6.45) is 90.3. The van der Waals surface area contributed by atoms with Crippen molar-refractivity contribution in [3.05, 3.63) is 85.1 Å². The minimum absolute atomic E-state index is 0.0814. The molecule has 0 aromatic rings. The van der Waals surface area contributed by atoms with E-state index < -0.39 is 6.10 Å². The Kier molecular flexibility index (Phi) is 65.2. The molecule has 1 atom stereocenters. The molecule has 0 aliphatic heterocycles. The zero-order valence-electron chi connectivity index (χ0n) is 53.1. The first-order valence-electron chi connectivity index (χ1n) is 34.6. The summed E-state index contributed by atoms with van der Waals surface area (Å²) in [6.45, 7) is 6.54. The molecule has 0 aromatic carbocycles. The molecule has 0 heterocycles. The Balaban J connectivity index is 4.34. The first-order valence-corrected chi connectivity index (χ1v) is 34.6. The molecule has 0 saturated carbocycles. The zero-order valence-corrected chi connectivity index (χ0v) is 53.1.